The molecule has 0 fully saturated rings. The van der Waals surface area contributed by atoms with Crippen LogP contribution in [0.1, 0.15) is 42.6 Å². The summed E-state index contributed by atoms with van der Waals surface area (Å²) >= 11 is 0. The third-order valence-electron chi connectivity index (χ3n) is 4.16. The minimum absolute atomic E-state index is 0.00863. The number of nitrogens with one attached hydrogen (secondary N) is 1. The first-order chi connectivity index (χ1) is 13.0. The molecule has 0 bridgehead atoms. The smallest absolute Gasteiger partial charge is 0.287 e. The van der Waals surface area contributed by atoms with Crippen LogP contribution < -0.4 is 10.2 Å². The molecular weight excluding hydrogens is 359 g/mol. The largest absolute Gasteiger partial charge is 0.466 e. The average Bonchev–Trinajstić information content (AvgIpc) is 3.09. The molecule has 0 radical (unpaired) electrons. The van der Waals surface area contributed by atoms with E-state index in [2.05, 4.69) is 19.9 Å². The van der Waals surface area contributed by atoms with Crippen molar-refractivity contribution >= 4 is 11.6 Å². The molecule has 3 rings (SSSR count). The summed E-state index contributed by atoms with van der Waals surface area (Å²) in [5.74, 6) is -0.777. The number of fused-ring (bicyclic) bond motifs is 1. The van der Waals surface area contributed by atoms with Gasteiger partial charge in [0.1, 0.15) is 12.4 Å². The van der Waals surface area contributed by atoms with Crippen LogP contribution in [-0.2, 0) is 11.2 Å². The van der Waals surface area contributed by atoms with Crippen LogP contribution in [0.15, 0.2) is 27.8 Å². The van der Waals surface area contributed by atoms with E-state index in [1.54, 1.807) is 13.0 Å². The van der Waals surface area contributed by atoms with Crippen molar-refractivity contribution in [1.29, 1.82) is 0 Å². The number of rotatable bonds is 8. The Morgan fingerprint density at radius 1 is 1.52 bits per heavy atom. The van der Waals surface area contributed by atoms with E-state index < -0.39 is 6.10 Å². The highest BCUT2D eigenvalue weighted by Gasteiger charge is 2.28. The summed E-state index contributed by atoms with van der Waals surface area (Å²) < 4.78 is 23.3. The third kappa shape index (κ3) is 4.47. The molecule has 27 heavy (non-hydrogen) atoms. The van der Waals surface area contributed by atoms with Crippen molar-refractivity contribution in [2.45, 2.75) is 38.3 Å². The Balaban J connectivity index is 1.69. The van der Waals surface area contributed by atoms with E-state index in [1.807, 2.05) is 5.48 Å². The molecule has 1 aliphatic rings. The van der Waals surface area contributed by atoms with Crippen molar-refractivity contribution in [1.82, 2.24) is 15.8 Å². The van der Waals surface area contributed by atoms with E-state index in [-0.39, 0.29) is 48.1 Å². The van der Waals surface area contributed by atoms with E-state index in [9.17, 15) is 19.5 Å². The molecule has 0 aliphatic heterocycles. The summed E-state index contributed by atoms with van der Waals surface area (Å²) in [4.78, 5) is 16.1. The van der Waals surface area contributed by atoms with E-state index in [1.165, 1.54) is 12.1 Å². The van der Waals surface area contributed by atoms with E-state index >= 15 is 0 Å². The second kappa shape index (κ2) is 8.23. The summed E-state index contributed by atoms with van der Waals surface area (Å²) in [7, 11) is 0. The Bertz CT molecular complexity index is 852. The van der Waals surface area contributed by atoms with Crippen LogP contribution in [0.25, 0.3) is 0 Å². The number of hydrogen-bond acceptors (Lipinski definition) is 8. The van der Waals surface area contributed by atoms with Gasteiger partial charge in [-0.2, -0.15) is 0 Å². The molecule has 0 amide bonds. The summed E-state index contributed by atoms with van der Waals surface area (Å²) in [6.45, 7) is 1.30. The lowest BCUT2D eigenvalue weighted by Gasteiger charge is -2.27. The number of ether oxygens (including phenoxy) is 1. The molecule has 10 heteroatoms. The van der Waals surface area contributed by atoms with Crippen molar-refractivity contribution in [3.63, 3.8) is 0 Å². The van der Waals surface area contributed by atoms with Gasteiger partial charge in [0.05, 0.1) is 12.1 Å². The topological polar surface area (TPSA) is 130 Å². The molecule has 9 nitrogen and oxygen atoms in total. The number of carbonyl (C=O) groups is 1. The predicted octanol–water partition coefficient (Wildman–Crippen LogP) is 1.34. The number of carbonyl (C=O) groups excluding carboxylic acids is 1. The number of ketones is 1. The van der Waals surface area contributed by atoms with Gasteiger partial charge < -0.3 is 9.84 Å². The molecule has 0 spiro atoms. The van der Waals surface area contributed by atoms with Crippen LogP contribution in [0.5, 0.6) is 5.88 Å². The lowest BCUT2D eigenvalue weighted by molar-refractivity contribution is -0.121. The average molecular weight is 378 g/mol. The molecule has 1 aromatic carbocycles. The summed E-state index contributed by atoms with van der Waals surface area (Å²) in [6, 6.07) is 4.10. The molecule has 2 atom stereocenters. The van der Waals surface area contributed by atoms with Gasteiger partial charge in [-0.15, -0.1) is 0 Å². The van der Waals surface area contributed by atoms with Crippen molar-refractivity contribution in [3.8, 4) is 5.88 Å². The zero-order valence-corrected chi connectivity index (χ0v) is 14.6. The van der Waals surface area contributed by atoms with E-state index in [4.69, 9.17) is 4.74 Å². The highest BCUT2D eigenvalue weighted by Crippen LogP contribution is 2.37. The molecule has 1 aliphatic carbocycles. The van der Waals surface area contributed by atoms with Gasteiger partial charge in [0, 0.05) is 6.42 Å². The van der Waals surface area contributed by atoms with Gasteiger partial charge in [-0.25, -0.2) is 9.02 Å². The van der Waals surface area contributed by atoms with Crippen LogP contribution in [0.2, 0.25) is 0 Å². The Morgan fingerprint density at radius 3 is 3.07 bits per heavy atom. The monoisotopic (exact) mass is 378 g/mol. The number of aromatic nitrogens is 2. The molecule has 3 N–H and O–H groups in total. The lowest BCUT2D eigenvalue weighted by Crippen LogP contribution is -2.26. The van der Waals surface area contributed by atoms with E-state index in [0.717, 1.165) is 11.1 Å². The SMILES string of the molecule is C[C@H](O)CCC(=O)COc1nonc1C(=N[C@H]1Cc2ccc(F)cc21)NO. The molecular formula is C17H19FN4O5. The van der Waals surface area contributed by atoms with Gasteiger partial charge in [-0.05, 0) is 53.3 Å². The number of halogens is 1. The van der Waals surface area contributed by atoms with Crippen LogP contribution in [-0.4, -0.2) is 45.0 Å². The van der Waals surface area contributed by atoms with Gasteiger partial charge in [-0.3, -0.25) is 20.5 Å². The summed E-state index contributed by atoms with van der Waals surface area (Å²) in [6.07, 6.45) is 0.488. The number of hydroxylamine groups is 1. The summed E-state index contributed by atoms with van der Waals surface area (Å²) in [5, 5.41) is 25.8. The second-order valence-corrected chi connectivity index (χ2v) is 6.29. The first kappa shape index (κ1) is 18.9. The highest BCUT2D eigenvalue weighted by molar-refractivity contribution is 5.98. The zero-order valence-electron chi connectivity index (χ0n) is 14.6. The van der Waals surface area contributed by atoms with Crippen molar-refractivity contribution in [3.05, 3.63) is 40.8 Å². The number of hydrogen-bond donors (Lipinski definition) is 3. The first-order valence-corrected chi connectivity index (χ1v) is 8.39. The molecule has 0 saturated heterocycles. The van der Waals surface area contributed by atoms with Crippen molar-refractivity contribution in [2.24, 2.45) is 4.99 Å². The molecule has 1 aromatic heterocycles. The maximum absolute atomic E-state index is 13.4. The Labute approximate surface area is 153 Å². The van der Waals surface area contributed by atoms with Gasteiger partial charge >= 0.3 is 0 Å². The number of aliphatic imine (C=N–C) groups is 1. The van der Waals surface area contributed by atoms with E-state index in [0.29, 0.717) is 12.8 Å². The van der Waals surface area contributed by atoms with Gasteiger partial charge in [0.25, 0.3) is 5.88 Å². The fraction of sp³-hybridized carbons (Fsp3) is 0.412. The quantitative estimate of drug-likeness (QED) is 0.356. The fourth-order valence-corrected chi connectivity index (χ4v) is 2.67. The Kier molecular flexibility index (Phi) is 5.77. The third-order valence-corrected chi connectivity index (χ3v) is 4.16. The molecule has 0 unspecified atom stereocenters. The zero-order chi connectivity index (χ0) is 19.4. The molecule has 0 saturated carbocycles. The Morgan fingerprint density at radius 2 is 2.33 bits per heavy atom. The second-order valence-electron chi connectivity index (χ2n) is 6.29. The van der Waals surface area contributed by atoms with Crippen LogP contribution in [0.3, 0.4) is 0 Å². The van der Waals surface area contributed by atoms with Crippen molar-refractivity contribution in [2.75, 3.05) is 6.61 Å². The number of benzene rings is 1. The maximum atomic E-state index is 13.4. The maximum Gasteiger partial charge on any atom is 0.287 e. The minimum Gasteiger partial charge on any atom is -0.466 e. The van der Waals surface area contributed by atoms with Gasteiger partial charge in [0.15, 0.2) is 11.6 Å². The van der Waals surface area contributed by atoms with Crippen LogP contribution >= 0.6 is 0 Å². The standard InChI is InChI=1S/C17H19FN4O5/c1-9(23)2-5-12(24)8-26-17-15(21-27-22-17)16(20-25)19-14-6-10-3-4-11(18)7-13(10)14/h3-4,7,9,14,23,25H,2,5-6,8H2,1H3,(H,19,20)/t9-,14-/m0/s1. The van der Waals surface area contributed by atoms with Gasteiger partial charge in [-0.1, -0.05) is 6.07 Å². The highest BCUT2D eigenvalue weighted by atomic mass is 19.1. The number of aliphatic hydroxyl groups is 1. The Hall–Kier alpha value is -2.85. The predicted molar refractivity (Wildman–Crippen MR) is 90.0 cm³/mol. The number of Topliss-reactive ketones (excluding diaryl/α,β-unsaturated/α-hetero) is 1. The van der Waals surface area contributed by atoms with Crippen molar-refractivity contribution < 1.29 is 28.9 Å². The number of amidine groups is 1. The van der Waals surface area contributed by atoms with Gasteiger partial charge in [0.2, 0.25) is 5.69 Å². The molecule has 144 valence electrons. The summed E-state index contributed by atoms with van der Waals surface area (Å²) in [5.41, 5.74) is 3.59. The minimum atomic E-state index is -0.578. The molecule has 2 aromatic rings. The lowest BCUT2D eigenvalue weighted by atomic mass is 9.83. The number of aliphatic hydroxyl groups excluding tert-OH is 1. The first-order valence-electron chi connectivity index (χ1n) is 8.39. The van der Waals surface area contributed by atoms with Crippen LogP contribution in [0.4, 0.5) is 4.39 Å². The fourth-order valence-electron chi connectivity index (χ4n) is 2.67. The van der Waals surface area contributed by atoms with Crippen LogP contribution in [0, 0.1) is 5.82 Å². The molecule has 1 heterocycles. The number of nitrogens with zero attached hydrogens (tertiary/aromatic N) is 3. The normalized spacial score (nSPS) is 17.0.